The van der Waals surface area contributed by atoms with Gasteiger partial charge in [-0.1, -0.05) is 30.4 Å². The lowest BCUT2D eigenvalue weighted by molar-refractivity contribution is 0.595. The summed E-state index contributed by atoms with van der Waals surface area (Å²) in [6.07, 6.45) is 7.36. The maximum Gasteiger partial charge on any atom is 0.135 e. The fourth-order valence-corrected chi connectivity index (χ4v) is 2.25. The highest BCUT2D eigenvalue weighted by Crippen LogP contribution is 2.33. The van der Waals surface area contributed by atoms with E-state index in [-0.39, 0.29) is 0 Å². The van der Waals surface area contributed by atoms with E-state index in [0.717, 1.165) is 17.8 Å². The first-order valence-electron chi connectivity index (χ1n) is 5.61. The lowest BCUT2D eigenvalue weighted by Gasteiger charge is -1.96. The molecule has 1 aliphatic carbocycles. The van der Waals surface area contributed by atoms with Crippen molar-refractivity contribution in [3.05, 3.63) is 53.3 Å². The Labute approximate surface area is 95.1 Å². The monoisotopic (exact) mass is 210 g/mol. The highest BCUT2D eigenvalue weighted by atomic mass is 16.3. The highest BCUT2D eigenvalue weighted by molar-refractivity contribution is 5.87. The van der Waals surface area contributed by atoms with Crippen molar-refractivity contribution in [1.82, 2.24) is 0 Å². The molecule has 0 radical (unpaired) electrons. The lowest BCUT2D eigenvalue weighted by atomic mass is 10.0. The van der Waals surface area contributed by atoms with Gasteiger partial charge in [0.1, 0.15) is 11.3 Å². The van der Waals surface area contributed by atoms with Crippen LogP contribution in [0, 0.1) is 6.92 Å². The number of fused-ring (bicyclic) bond motifs is 3. The van der Waals surface area contributed by atoms with Gasteiger partial charge in [-0.05, 0) is 37.5 Å². The van der Waals surface area contributed by atoms with E-state index in [9.17, 15) is 0 Å². The number of allylic oxidation sites excluding steroid dienone is 4. The maximum absolute atomic E-state index is 5.96. The van der Waals surface area contributed by atoms with Crippen LogP contribution < -0.4 is 0 Å². The van der Waals surface area contributed by atoms with Crippen molar-refractivity contribution in [3.8, 4) is 0 Å². The molecule has 0 atom stereocenters. The molecule has 1 nitrogen and oxygen atoms in total. The summed E-state index contributed by atoms with van der Waals surface area (Å²) in [4.78, 5) is 0. The van der Waals surface area contributed by atoms with Crippen molar-refractivity contribution in [2.45, 2.75) is 20.3 Å². The van der Waals surface area contributed by atoms with Gasteiger partial charge >= 0.3 is 0 Å². The molecular weight excluding hydrogens is 196 g/mol. The fraction of sp³-hybridized carbons (Fsp3) is 0.200. The summed E-state index contributed by atoms with van der Waals surface area (Å²) in [5.41, 5.74) is 4.77. The van der Waals surface area contributed by atoms with E-state index in [1.165, 1.54) is 22.1 Å². The maximum atomic E-state index is 5.96. The fourth-order valence-electron chi connectivity index (χ4n) is 2.25. The molecule has 80 valence electrons. The van der Waals surface area contributed by atoms with Gasteiger partial charge in [0.05, 0.1) is 0 Å². The molecule has 16 heavy (non-hydrogen) atoms. The third kappa shape index (κ3) is 1.32. The second-order valence-corrected chi connectivity index (χ2v) is 4.39. The lowest BCUT2D eigenvalue weighted by Crippen LogP contribution is -1.83. The zero-order chi connectivity index (χ0) is 11.1. The summed E-state index contributed by atoms with van der Waals surface area (Å²) >= 11 is 0. The van der Waals surface area contributed by atoms with Gasteiger partial charge in [0, 0.05) is 10.9 Å². The Kier molecular flexibility index (Phi) is 2.00. The van der Waals surface area contributed by atoms with Gasteiger partial charge in [-0.15, -0.1) is 0 Å². The number of benzene rings is 1. The molecule has 1 heterocycles. The second-order valence-electron chi connectivity index (χ2n) is 4.39. The SMILES string of the molecule is CC1=CC=CCc2c1oc1cc(C)ccc21. The molecule has 0 N–H and O–H groups in total. The Hall–Kier alpha value is -1.76. The predicted octanol–water partition coefficient (Wildman–Crippen LogP) is 4.26. The first kappa shape index (κ1) is 9.46. The quantitative estimate of drug-likeness (QED) is 0.633. The van der Waals surface area contributed by atoms with Crippen LogP contribution in [-0.4, -0.2) is 0 Å². The largest absolute Gasteiger partial charge is 0.456 e. The summed E-state index contributed by atoms with van der Waals surface area (Å²) in [6.45, 7) is 4.19. The normalized spacial score (nSPS) is 14.8. The molecule has 1 heteroatoms. The molecule has 0 fully saturated rings. The molecule has 1 aromatic heterocycles. The summed E-state index contributed by atoms with van der Waals surface area (Å²) in [5, 5.41) is 1.25. The van der Waals surface area contributed by atoms with Gasteiger partial charge in [-0.2, -0.15) is 0 Å². The van der Waals surface area contributed by atoms with Crippen molar-refractivity contribution < 1.29 is 4.42 Å². The third-order valence-electron chi connectivity index (χ3n) is 3.11. The number of hydrogen-bond donors (Lipinski definition) is 0. The van der Waals surface area contributed by atoms with Crippen molar-refractivity contribution in [2.75, 3.05) is 0 Å². The first-order chi connectivity index (χ1) is 7.75. The second kappa shape index (κ2) is 3.38. The number of hydrogen-bond acceptors (Lipinski definition) is 1. The van der Waals surface area contributed by atoms with Crippen molar-refractivity contribution in [1.29, 1.82) is 0 Å². The zero-order valence-corrected chi connectivity index (χ0v) is 9.58. The number of rotatable bonds is 0. The third-order valence-corrected chi connectivity index (χ3v) is 3.11. The minimum Gasteiger partial charge on any atom is -0.456 e. The van der Waals surface area contributed by atoms with Gasteiger partial charge in [-0.3, -0.25) is 0 Å². The first-order valence-corrected chi connectivity index (χ1v) is 5.61. The molecular formula is C15H14O. The Balaban J connectivity index is 2.35. The Morgan fingerprint density at radius 1 is 1.19 bits per heavy atom. The smallest absolute Gasteiger partial charge is 0.135 e. The van der Waals surface area contributed by atoms with Crippen LogP contribution >= 0.6 is 0 Å². The molecule has 0 bridgehead atoms. The Morgan fingerprint density at radius 2 is 2.06 bits per heavy atom. The molecule has 0 aliphatic heterocycles. The summed E-state index contributed by atoms with van der Waals surface area (Å²) in [7, 11) is 0. The molecule has 2 aromatic rings. The van der Waals surface area contributed by atoms with Crippen LogP contribution in [0.15, 0.2) is 40.8 Å². The van der Waals surface area contributed by atoms with Gasteiger partial charge in [0.15, 0.2) is 0 Å². The molecule has 1 aromatic carbocycles. The molecule has 1 aliphatic rings. The van der Waals surface area contributed by atoms with Gasteiger partial charge in [-0.25, -0.2) is 0 Å². The van der Waals surface area contributed by atoms with Crippen LogP contribution in [0.2, 0.25) is 0 Å². The van der Waals surface area contributed by atoms with E-state index in [1.54, 1.807) is 0 Å². The minimum absolute atomic E-state index is 0.958. The van der Waals surface area contributed by atoms with E-state index in [2.05, 4.69) is 50.3 Å². The molecule has 0 unspecified atom stereocenters. The van der Waals surface area contributed by atoms with Gasteiger partial charge < -0.3 is 4.42 Å². The molecule has 0 amide bonds. The average molecular weight is 210 g/mol. The standard InChI is InChI=1S/C15H14O/c1-10-7-8-12-13-6-4-3-5-11(2)15(13)16-14(12)9-10/h3-5,7-9H,6H2,1-2H3. The van der Waals surface area contributed by atoms with E-state index >= 15 is 0 Å². The summed E-state index contributed by atoms with van der Waals surface area (Å²) in [5.74, 6) is 1.05. The average Bonchev–Trinajstić information content (AvgIpc) is 2.52. The molecule has 0 saturated heterocycles. The minimum atomic E-state index is 0.958. The van der Waals surface area contributed by atoms with Crippen LogP contribution in [0.4, 0.5) is 0 Å². The van der Waals surface area contributed by atoms with Crippen LogP contribution in [0.5, 0.6) is 0 Å². The van der Waals surface area contributed by atoms with Crippen molar-refractivity contribution in [3.63, 3.8) is 0 Å². The zero-order valence-electron chi connectivity index (χ0n) is 9.58. The predicted molar refractivity (Wildman–Crippen MR) is 67.4 cm³/mol. The van der Waals surface area contributed by atoms with E-state index in [0.29, 0.717) is 0 Å². The molecule has 0 saturated carbocycles. The van der Waals surface area contributed by atoms with Gasteiger partial charge in [0.25, 0.3) is 0 Å². The number of furan rings is 1. The van der Waals surface area contributed by atoms with E-state index < -0.39 is 0 Å². The Bertz CT molecular complexity index is 612. The van der Waals surface area contributed by atoms with Crippen molar-refractivity contribution in [2.24, 2.45) is 0 Å². The van der Waals surface area contributed by atoms with Crippen molar-refractivity contribution >= 4 is 16.5 Å². The van der Waals surface area contributed by atoms with Crippen LogP contribution in [0.25, 0.3) is 16.5 Å². The highest BCUT2D eigenvalue weighted by Gasteiger charge is 2.15. The molecule has 3 rings (SSSR count). The van der Waals surface area contributed by atoms with Crippen LogP contribution in [0.1, 0.15) is 23.8 Å². The summed E-state index contributed by atoms with van der Waals surface area (Å²) in [6, 6.07) is 6.42. The van der Waals surface area contributed by atoms with Crippen LogP contribution in [0.3, 0.4) is 0 Å². The molecule has 0 spiro atoms. The van der Waals surface area contributed by atoms with E-state index in [4.69, 9.17) is 4.42 Å². The number of aryl methyl sites for hydroxylation is 1. The van der Waals surface area contributed by atoms with E-state index in [1.807, 2.05) is 0 Å². The summed E-state index contributed by atoms with van der Waals surface area (Å²) < 4.78 is 5.96. The Morgan fingerprint density at radius 3 is 2.94 bits per heavy atom. The van der Waals surface area contributed by atoms with Gasteiger partial charge in [0.2, 0.25) is 0 Å². The topological polar surface area (TPSA) is 13.1 Å². The van der Waals surface area contributed by atoms with Crippen LogP contribution in [-0.2, 0) is 6.42 Å².